The van der Waals surface area contributed by atoms with E-state index in [0.29, 0.717) is 0 Å². The number of nitrogens with zero attached hydrogens (tertiary/aromatic N) is 1. The van der Waals surface area contributed by atoms with Gasteiger partial charge >= 0.3 is 5.69 Å². The van der Waals surface area contributed by atoms with Gasteiger partial charge in [0.15, 0.2) is 4.90 Å². The van der Waals surface area contributed by atoms with Crippen molar-refractivity contribution >= 4 is 21.4 Å². The lowest BCUT2D eigenvalue weighted by Gasteiger charge is -2.08. The molecule has 1 aliphatic carbocycles. The van der Waals surface area contributed by atoms with Gasteiger partial charge in [-0.1, -0.05) is 6.07 Å². The highest BCUT2D eigenvalue weighted by molar-refractivity contribution is 7.89. The minimum absolute atomic E-state index is 0.0900. The second kappa shape index (κ2) is 4.54. The predicted molar refractivity (Wildman–Crippen MR) is 66.0 cm³/mol. The van der Waals surface area contributed by atoms with Crippen LogP contribution in [0.4, 0.5) is 11.4 Å². The predicted octanol–water partition coefficient (Wildman–Crippen LogP) is 1.08. The summed E-state index contributed by atoms with van der Waals surface area (Å²) in [7, 11) is -2.33. The van der Waals surface area contributed by atoms with Crippen LogP contribution in [0.15, 0.2) is 23.1 Å². The first kappa shape index (κ1) is 12.8. The van der Waals surface area contributed by atoms with Crippen LogP contribution in [0.2, 0.25) is 0 Å². The number of para-hydroxylation sites is 1. The summed E-state index contributed by atoms with van der Waals surface area (Å²) in [5.41, 5.74) is -0.244. The van der Waals surface area contributed by atoms with Crippen molar-refractivity contribution in [1.82, 2.24) is 4.72 Å². The van der Waals surface area contributed by atoms with Gasteiger partial charge in [0.25, 0.3) is 0 Å². The quantitative estimate of drug-likeness (QED) is 0.616. The first-order valence-electron chi connectivity index (χ1n) is 5.43. The first-order chi connectivity index (χ1) is 8.45. The van der Waals surface area contributed by atoms with Gasteiger partial charge in [0.1, 0.15) is 5.69 Å². The van der Waals surface area contributed by atoms with Crippen LogP contribution in [0, 0.1) is 10.1 Å². The van der Waals surface area contributed by atoms with Crippen molar-refractivity contribution in [3.05, 3.63) is 28.3 Å². The molecule has 2 N–H and O–H groups in total. The zero-order chi connectivity index (χ0) is 13.3. The van der Waals surface area contributed by atoms with Crippen molar-refractivity contribution in [2.45, 2.75) is 23.8 Å². The van der Waals surface area contributed by atoms with E-state index in [4.69, 9.17) is 0 Å². The molecular weight excluding hydrogens is 258 g/mol. The summed E-state index contributed by atoms with van der Waals surface area (Å²) in [6.45, 7) is 0. The highest BCUT2D eigenvalue weighted by Crippen LogP contribution is 2.32. The van der Waals surface area contributed by atoms with Gasteiger partial charge in [-0.3, -0.25) is 10.1 Å². The van der Waals surface area contributed by atoms with Gasteiger partial charge < -0.3 is 5.32 Å². The van der Waals surface area contributed by atoms with Gasteiger partial charge in [-0.2, -0.15) is 0 Å². The monoisotopic (exact) mass is 271 g/mol. The molecule has 0 saturated heterocycles. The zero-order valence-corrected chi connectivity index (χ0v) is 10.5. The molecule has 0 spiro atoms. The molecule has 18 heavy (non-hydrogen) atoms. The van der Waals surface area contributed by atoms with Gasteiger partial charge in [0, 0.05) is 13.1 Å². The Hall–Kier alpha value is -1.67. The summed E-state index contributed by atoms with van der Waals surface area (Å²) in [6.07, 6.45) is 1.55. The van der Waals surface area contributed by atoms with Crippen LogP contribution >= 0.6 is 0 Å². The molecule has 7 nitrogen and oxygen atoms in total. The molecule has 1 saturated carbocycles. The highest BCUT2D eigenvalue weighted by atomic mass is 32.2. The number of benzene rings is 1. The molecule has 0 aromatic heterocycles. The average molecular weight is 271 g/mol. The molecule has 0 bridgehead atoms. The topological polar surface area (TPSA) is 101 Å². The van der Waals surface area contributed by atoms with E-state index in [1.807, 2.05) is 0 Å². The summed E-state index contributed by atoms with van der Waals surface area (Å²) in [5, 5.41) is 13.6. The summed E-state index contributed by atoms with van der Waals surface area (Å²) in [5.74, 6) is 0. The first-order valence-corrected chi connectivity index (χ1v) is 6.91. The third kappa shape index (κ3) is 2.44. The van der Waals surface area contributed by atoms with Gasteiger partial charge in [0.2, 0.25) is 10.0 Å². The lowest BCUT2D eigenvalue weighted by Crippen LogP contribution is -2.26. The van der Waals surface area contributed by atoms with E-state index in [2.05, 4.69) is 10.0 Å². The van der Waals surface area contributed by atoms with Crippen molar-refractivity contribution in [2.75, 3.05) is 12.4 Å². The third-order valence-electron chi connectivity index (χ3n) is 2.64. The van der Waals surface area contributed by atoms with Crippen LogP contribution in [0.3, 0.4) is 0 Å². The minimum Gasteiger partial charge on any atom is -0.383 e. The van der Waals surface area contributed by atoms with Crippen LogP contribution in [0.1, 0.15) is 12.8 Å². The average Bonchev–Trinajstić information content (AvgIpc) is 3.11. The molecule has 0 heterocycles. The Morgan fingerprint density at radius 2 is 2.06 bits per heavy atom. The fourth-order valence-electron chi connectivity index (χ4n) is 1.61. The van der Waals surface area contributed by atoms with Gasteiger partial charge in [-0.25, -0.2) is 13.1 Å². The lowest BCUT2D eigenvalue weighted by molar-refractivity contribution is -0.386. The number of nitrogens with one attached hydrogen (secondary N) is 2. The van der Waals surface area contributed by atoms with Crippen molar-refractivity contribution in [3.63, 3.8) is 0 Å². The number of sulfonamides is 1. The van der Waals surface area contributed by atoms with E-state index in [1.54, 1.807) is 0 Å². The molecule has 2 rings (SSSR count). The van der Waals surface area contributed by atoms with E-state index in [1.165, 1.54) is 25.2 Å². The Morgan fingerprint density at radius 3 is 2.56 bits per heavy atom. The SMILES string of the molecule is CNc1cccc(S(=O)(=O)NC2CC2)c1[N+](=O)[O-]. The summed E-state index contributed by atoms with van der Waals surface area (Å²) in [4.78, 5) is 10.0. The van der Waals surface area contributed by atoms with Crippen LogP contribution in [-0.2, 0) is 10.0 Å². The highest BCUT2D eigenvalue weighted by Gasteiger charge is 2.33. The molecule has 1 aromatic rings. The Labute approximate surface area is 104 Å². The number of nitro benzene ring substituents is 1. The van der Waals surface area contributed by atoms with E-state index >= 15 is 0 Å². The van der Waals surface area contributed by atoms with Crippen LogP contribution in [0.5, 0.6) is 0 Å². The van der Waals surface area contributed by atoms with Crippen molar-refractivity contribution in [1.29, 1.82) is 0 Å². The molecule has 0 unspecified atom stereocenters. The Balaban J connectivity index is 2.52. The molecule has 8 heteroatoms. The molecule has 1 fully saturated rings. The molecule has 0 amide bonds. The Morgan fingerprint density at radius 1 is 1.39 bits per heavy atom. The van der Waals surface area contributed by atoms with E-state index in [-0.39, 0.29) is 16.6 Å². The van der Waals surface area contributed by atoms with Gasteiger partial charge in [0.05, 0.1) is 4.92 Å². The van der Waals surface area contributed by atoms with Gasteiger partial charge in [-0.05, 0) is 25.0 Å². The minimum atomic E-state index is -3.84. The molecule has 1 aliphatic rings. The Kier molecular flexibility index (Phi) is 3.22. The maximum absolute atomic E-state index is 12.0. The molecule has 0 aliphatic heterocycles. The summed E-state index contributed by atoms with van der Waals surface area (Å²) >= 11 is 0. The standard InChI is InChI=1S/C10H13N3O4S/c1-11-8-3-2-4-9(10(8)13(14)15)18(16,17)12-7-5-6-7/h2-4,7,11-12H,5-6H2,1H3. The lowest BCUT2D eigenvalue weighted by atomic mass is 10.3. The van der Waals surface area contributed by atoms with Crippen LogP contribution in [0.25, 0.3) is 0 Å². The second-order valence-corrected chi connectivity index (χ2v) is 5.74. The number of hydrogen-bond acceptors (Lipinski definition) is 5. The van der Waals surface area contributed by atoms with Crippen molar-refractivity contribution in [2.24, 2.45) is 0 Å². The maximum atomic E-state index is 12.0. The summed E-state index contributed by atoms with van der Waals surface area (Å²) < 4.78 is 26.5. The van der Waals surface area contributed by atoms with Crippen molar-refractivity contribution < 1.29 is 13.3 Å². The van der Waals surface area contributed by atoms with Gasteiger partial charge in [-0.15, -0.1) is 0 Å². The fraction of sp³-hybridized carbons (Fsp3) is 0.400. The third-order valence-corrected chi connectivity index (χ3v) is 4.19. The van der Waals surface area contributed by atoms with Crippen LogP contribution < -0.4 is 10.0 Å². The number of nitro groups is 1. The molecule has 98 valence electrons. The zero-order valence-electron chi connectivity index (χ0n) is 9.71. The smallest absolute Gasteiger partial charge is 0.312 e. The van der Waals surface area contributed by atoms with E-state index in [0.717, 1.165) is 12.8 Å². The largest absolute Gasteiger partial charge is 0.383 e. The van der Waals surface area contributed by atoms with E-state index < -0.39 is 20.6 Å². The van der Waals surface area contributed by atoms with Crippen molar-refractivity contribution in [3.8, 4) is 0 Å². The molecule has 0 atom stereocenters. The number of anilines is 1. The Bertz CT molecular complexity index is 581. The number of rotatable bonds is 5. The fourth-order valence-corrected chi connectivity index (χ4v) is 3.11. The second-order valence-electron chi connectivity index (χ2n) is 4.05. The number of hydrogen-bond donors (Lipinski definition) is 2. The maximum Gasteiger partial charge on any atom is 0.312 e. The molecule has 0 radical (unpaired) electrons. The molecular formula is C10H13N3O4S. The normalized spacial score (nSPS) is 15.4. The van der Waals surface area contributed by atoms with E-state index in [9.17, 15) is 18.5 Å². The van der Waals surface area contributed by atoms with Crippen LogP contribution in [-0.4, -0.2) is 26.4 Å². The summed E-state index contributed by atoms with van der Waals surface area (Å²) in [6, 6.07) is 4.09. The molecule has 1 aromatic carbocycles.